The molecule has 21 heavy (non-hydrogen) atoms. The van der Waals surface area contributed by atoms with E-state index in [1.807, 2.05) is 0 Å². The molecular formula is C12H11BrCl2N2O4. The van der Waals surface area contributed by atoms with Crippen LogP contribution in [0.1, 0.15) is 0 Å². The third kappa shape index (κ3) is 2.37. The van der Waals surface area contributed by atoms with Gasteiger partial charge >= 0.3 is 0 Å². The summed E-state index contributed by atoms with van der Waals surface area (Å²) in [6.45, 7) is -0.254. The van der Waals surface area contributed by atoms with Crippen LogP contribution in [-0.2, 0) is 10.5 Å². The fourth-order valence-corrected chi connectivity index (χ4v) is 3.43. The molecule has 1 saturated heterocycles. The molecular weight excluding hydrogens is 387 g/mol. The third-order valence-corrected chi connectivity index (χ3v) is 4.74. The summed E-state index contributed by atoms with van der Waals surface area (Å²) in [6, 6.07) is 3.08. The lowest BCUT2D eigenvalue weighted by atomic mass is 9.99. The summed E-state index contributed by atoms with van der Waals surface area (Å²) >= 11 is 15.2. The van der Waals surface area contributed by atoms with Crippen molar-refractivity contribution in [3.05, 3.63) is 26.9 Å². The van der Waals surface area contributed by atoms with Crippen LogP contribution in [0.15, 0.2) is 16.9 Å². The van der Waals surface area contributed by atoms with Crippen molar-refractivity contribution in [2.24, 2.45) is 0 Å². The van der Waals surface area contributed by atoms with E-state index in [2.05, 4.69) is 20.9 Å². The highest BCUT2D eigenvalue weighted by Gasteiger charge is 2.47. The zero-order valence-corrected chi connectivity index (χ0v) is 13.6. The summed E-state index contributed by atoms with van der Waals surface area (Å²) in [7, 11) is 0. The SMILES string of the molecule is O[C@H]1COC[C@@](O)(n2c(Br)nc3cc(Cl)c(Cl)cc32)[C@H]1O. The Balaban J connectivity index is 2.24. The van der Waals surface area contributed by atoms with Gasteiger partial charge in [0.15, 0.2) is 10.5 Å². The Kier molecular flexibility index (Phi) is 3.94. The lowest BCUT2D eigenvalue weighted by molar-refractivity contribution is -0.244. The first-order valence-electron chi connectivity index (χ1n) is 6.04. The molecule has 1 aliphatic rings. The van der Waals surface area contributed by atoms with Crippen LogP contribution in [0, 0.1) is 0 Å². The average molecular weight is 398 g/mol. The number of nitrogens with zero attached hydrogens (tertiary/aromatic N) is 2. The Morgan fingerprint density at radius 1 is 1.33 bits per heavy atom. The van der Waals surface area contributed by atoms with E-state index in [-0.39, 0.29) is 23.0 Å². The van der Waals surface area contributed by atoms with Gasteiger partial charge in [0.1, 0.15) is 12.2 Å². The quantitative estimate of drug-likeness (QED) is 0.678. The molecule has 3 atom stereocenters. The van der Waals surface area contributed by atoms with Gasteiger partial charge in [0, 0.05) is 0 Å². The normalized spacial score (nSPS) is 30.0. The van der Waals surface area contributed by atoms with Gasteiger partial charge in [0.25, 0.3) is 0 Å². The number of aliphatic hydroxyl groups excluding tert-OH is 2. The Morgan fingerprint density at radius 2 is 2.00 bits per heavy atom. The van der Waals surface area contributed by atoms with Gasteiger partial charge in [0.05, 0.1) is 34.3 Å². The summed E-state index contributed by atoms with van der Waals surface area (Å²) in [4.78, 5) is 4.22. The standard InChI is InChI=1S/C12H11BrCl2N2O4/c13-11-16-7-1-5(14)6(15)2-8(7)17(11)12(20)4-21-3-9(18)10(12)19/h1-2,9-10,18-20H,3-4H2/t9-,10-,12-/m0/s1. The second-order valence-corrected chi connectivity index (χ2v) is 6.40. The van der Waals surface area contributed by atoms with Crippen molar-refractivity contribution in [3.63, 3.8) is 0 Å². The fourth-order valence-electron chi connectivity index (χ4n) is 2.42. The van der Waals surface area contributed by atoms with E-state index in [0.29, 0.717) is 16.1 Å². The number of halogens is 3. The lowest BCUT2D eigenvalue weighted by Gasteiger charge is -2.40. The fraction of sp³-hybridized carbons (Fsp3) is 0.417. The molecule has 0 radical (unpaired) electrons. The molecule has 0 saturated carbocycles. The van der Waals surface area contributed by atoms with E-state index < -0.39 is 17.9 Å². The third-order valence-electron chi connectivity index (χ3n) is 3.48. The molecule has 1 aromatic carbocycles. The maximum atomic E-state index is 10.8. The van der Waals surface area contributed by atoms with Crippen molar-refractivity contribution in [2.75, 3.05) is 13.2 Å². The smallest absolute Gasteiger partial charge is 0.196 e. The van der Waals surface area contributed by atoms with E-state index in [0.717, 1.165) is 0 Å². The predicted octanol–water partition coefficient (Wildman–Crippen LogP) is 1.50. The zero-order valence-electron chi connectivity index (χ0n) is 10.5. The molecule has 0 bridgehead atoms. The highest BCUT2D eigenvalue weighted by Crippen LogP contribution is 2.36. The molecule has 2 aromatic rings. The van der Waals surface area contributed by atoms with E-state index in [9.17, 15) is 15.3 Å². The molecule has 3 rings (SSSR count). The monoisotopic (exact) mass is 396 g/mol. The van der Waals surface area contributed by atoms with Gasteiger partial charge < -0.3 is 20.1 Å². The number of aliphatic hydroxyl groups is 3. The Labute approximate surface area is 138 Å². The number of hydrogen-bond acceptors (Lipinski definition) is 5. The van der Waals surface area contributed by atoms with E-state index >= 15 is 0 Å². The molecule has 0 spiro atoms. The zero-order chi connectivity index (χ0) is 15.4. The van der Waals surface area contributed by atoms with Crippen LogP contribution in [0.4, 0.5) is 0 Å². The highest BCUT2D eigenvalue weighted by atomic mass is 79.9. The topological polar surface area (TPSA) is 87.7 Å². The van der Waals surface area contributed by atoms with E-state index in [1.54, 1.807) is 6.07 Å². The van der Waals surface area contributed by atoms with Crippen LogP contribution in [0.5, 0.6) is 0 Å². The van der Waals surface area contributed by atoms with Crippen LogP contribution in [-0.4, -0.2) is 50.3 Å². The minimum absolute atomic E-state index is 0.0552. The van der Waals surface area contributed by atoms with Crippen LogP contribution in [0.3, 0.4) is 0 Å². The van der Waals surface area contributed by atoms with Gasteiger partial charge in [-0.1, -0.05) is 23.2 Å². The number of hydrogen-bond donors (Lipinski definition) is 3. The molecule has 114 valence electrons. The Bertz CT molecular complexity index is 710. The first-order valence-corrected chi connectivity index (χ1v) is 7.59. The molecule has 1 aliphatic heterocycles. The highest BCUT2D eigenvalue weighted by molar-refractivity contribution is 9.10. The van der Waals surface area contributed by atoms with Gasteiger partial charge in [-0.25, -0.2) is 4.98 Å². The molecule has 9 heteroatoms. The van der Waals surface area contributed by atoms with E-state index in [1.165, 1.54) is 10.6 Å². The maximum Gasteiger partial charge on any atom is 0.196 e. The van der Waals surface area contributed by atoms with Crippen LogP contribution in [0.2, 0.25) is 10.0 Å². The Morgan fingerprint density at radius 3 is 2.71 bits per heavy atom. The van der Waals surface area contributed by atoms with Gasteiger partial charge in [-0.3, -0.25) is 4.57 Å². The number of imidazole rings is 1. The summed E-state index contributed by atoms with van der Waals surface area (Å²) < 4.78 is 6.75. The molecule has 2 heterocycles. The Hall–Kier alpha value is -0.410. The predicted molar refractivity (Wildman–Crippen MR) is 80.5 cm³/mol. The number of benzene rings is 1. The summed E-state index contributed by atoms with van der Waals surface area (Å²) in [5.41, 5.74) is -0.935. The molecule has 1 aromatic heterocycles. The summed E-state index contributed by atoms with van der Waals surface area (Å²) in [5, 5.41) is 31.3. The lowest BCUT2D eigenvalue weighted by Crippen LogP contribution is -2.58. The van der Waals surface area contributed by atoms with Gasteiger partial charge in [-0.15, -0.1) is 0 Å². The minimum Gasteiger partial charge on any atom is -0.388 e. The molecule has 6 nitrogen and oxygen atoms in total. The second kappa shape index (κ2) is 5.34. The molecule has 0 amide bonds. The van der Waals surface area contributed by atoms with Crippen molar-refractivity contribution >= 4 is 50.2 Å². The summed E-state index contributed by atoms with van der Waals surface area (Å²) in [5.74, 6) is 0. The largest absolute Gasteiger partial charge is 0.388 e. The average Bonchev–Trinajstić information content (AvgIpc) is 2.72. The van der Waals surface area contributed by atoms with Gasteiger partial charge in [0.2, 0.25) is 0 Å². The maximum absolute atomic E-state index is 10.8. The molecule has 3 N–H and O–H groups in total. The van der Waals surface area contributed by atoms with Crippen molar-refractivity contribution in [2.45, 2.75) is 17.9 Å². The number of rotatable bonds is 1. The van der Waals surface area contributed by atoms with Gasteiger partial charge in [-0.05, 0) is 28.1 Å². The first kappa shape index (κ1) is 15.5. The number of fused-ring (bicyclic) bond motifs is 1. The molecule has 1 fully saturated rings. The first-order chi connectivity index (χ1) is 9.84. The van der Waals surface area contributed by atoms with Crippen molar-refractivity contribution in [3.8, 4) is 0 Å². The minimum atomic E-state index is -1.87. The van der Waals surface area contributed by atoms with E-state index in [4.69, 9.17) is 27.9 Å². The second-order valence-electron chi connectivity index (χ2n) is 4.88. The van der Waals surface area contributed by atoms with Crippen LogP contribution in [0.25, 0.3) is 11.0 Å². The van der Waals surface area contributed by atoms with Gasteiger partial charge in [-0.2, -0.15) is 0 Å². The van der Waals surface area contributed by atoms with Crippen molar-refractivity contribution < 1.29 is 20.1 Å². The van der Waals surface area contributed by atoms with Crippen LogP contribution >= 0.6 is 39.1 Å². The summed E-state index contributed by atoms with van der Waals surface area (Å²) in [6.07, 6.45) is -2.65. The van der Waals surface area contributed by atoms with Crippen molar-refractivity contribution in [1.29, 1.82) is 0 Å². The molecule has 0 unspecified atom stereocenters. The van der Waals surface area contributed by atoms with Crippen LogP contribution < -0.4 is 0 Å². The van der Waals surface area contributed by atoms with Crippen molar-refractivity contribution in [1.82, 2.24) is 9.55 Å². The molecule has 0 aliphatic carbocycles. The number of aromatic nitrogens is 2. The number of ether oxygens (including phenoxy) is 1.